The molecule has 0 aliphatic carbocycles. The van der Waals surface area contributed by atoms with Crippen LogP contribution in [0.3, 0.4) is 0 Å². The lowest BCUT2D eigenvalue weighted by Crippen LogP contribution is -2.11. The summed E-state index contributed by atoms with van der Waals surface area (Å²) in [5.74, 6) is 1.21. The number of aryl methyl sites for hydroxylation is 1. The third-order valence-corrected chi connectivity index (χ3v) is 3.72. The van der Waals surface area contributed by atoms with Gasteiger partial charge < -0.3 is 10.3 Å². The molecule has 0 aliphatic rings. The van der Waals surface area contributed by atoms with E-state index in [0.717, 1.165) is 30.5 Å². The van der Waals surface area contributed by atoms with Crippen LogP contribution in [0.4, 0.5) is 5.69 Å². The van der Waals surface area contributed by atoms with E-state index in [1.807, 2.05) is 12.1 Å². The molecule has 1 aromatic carbocycles. The molecule has 1 unspecified atom stereocenters. The molecule has 1 atom stereocenters. The highest BCUT2D eigenvalue weighted by molar-refractivity contribution is 5.79. The molecule has 2 rings (SSSR count). The largest absolute Gasteiger partial charge is 0.399 e. The first kappa shape index (κ1) is 13.9. The van der Waals surface area contributed by atoms with Crippen molar-refractivity contribution < 1.29 is 0 Å². The Bertz CT molecular complexity index is 542. The number of hydrogen-bond donors (Lipinski definition) is 1. The molecule has 0 saturated carbocycles. The zero-order valence-electron chi connectivity index (χ0n) is 12.3. The first-order valence-electron chi connectivity index (χ1n) is 7.47. The topological polar surface area (TPSA) is 43.8 Å². The Morgan fingerprint density at radius 3 is 2.63 bits per heavy atom. The number of fused-ring (bicyclic) bond motifs is 1. The van der Waals surface area contributed by atoms with Gasteiger partial charge in [-0.1, -0.05) is 27.2 Å². The van der Waals surface area contributed by atoms with E-state index in [1.165, 1.54) is 24.2 Å². The van der Waals surface area contributed by atoms with Crippen molar-refractivity contribution in [3.8, 4) is 0 Å². The Hall–Kier alpha value is -1.51. The lowest BCUT2D eigenvalue weighted by atomic mass is 10.1. The predicted octanol–water partition coefficient (Wildman–Crippen LogP) is 4.32. The van der Waals surface area contributed by atoms with Gasteiger partial charge in [0.05, 0.1) is 11.0 Å². The highest BCUT2D eigenvalue weighted by atomic mass is 15.1. The fraction of sp³-hybridized carbons (Fsp3) is 0.562. The maximum Gasteiger partial charge on any atom is 0.110 e. The molecule has 3 nitrogen and oxygen atoms in total. The number of benzene rings is 1. The summed E-state index contributed by atoms with van der Waals surface area (Å²) in [5.41, 5.74) is 8.94. The Morgan fingerprint density at radius 2 is 2.00 bits per heavy atom. The number of rotatable bonds is 6. The predicted molar refractivity (Wildman–Crippen MR) is 82.4 cm³/mol. The highest BCUT2D eigenvalue weighted by Gasteiger charge is 2.16. The Morgan fingerprint density at radius 1 is 1.21 bits per heavy atom. The van der Waals surface area contributed by atoms with Crippen LogP contribution < -0.4 is 5.73 Å². The highest BCUT2D eigenvalue weighted by Crippen LogP contribution is 2.28. The van der Waals surface area contributed by atoms with Crippen molar-refractivity contribution in [2.45, 2.75) is 58.9 Å². The number of nitrogens with two attached hydrogens (primary N) is 1. The van der Waals surface area contributed by atoms with Crippen LogP contribution in [0.2, 0.25) is 0 Å². The van der Waals surface area contributed by atoms with Crippen LogP contribution >= 0.6 is 0 Å². The van der Waals surface area contributed by atoms with E-state index in [0.29, 0.717) is 6.04 Å². The number of nitrogens with zero attached hydrogens (tertiary/aromatic N) is 2. The molecule has 1 heterocycles. The average Bonchev–Trinajstić information content (AvgIpc) is 2.73. The first-order valence-corrected chi connectivity index (χ1v) is 7.47. The van der Waals surface area contributed by atoms with Gasteiger partial charge in [0, 0.05) is 18.2 Å². The van der Waals surface area contributed by atoms with E-state index < -0.39 is 0 Å². The Kier molecular flexibility index (Phi) is 4.46. The number of imidazole rings is 1. The summed E-state index contributed by atoms with van der Waals surface area (Å²) in [6.07, 6.45) is 5.73. The minimum absolute atomic E-state index is 0.556. The normalized spacial score (nSPS) is 13.0. The van der Waals surface area contributed by atoms with Crippen LogP contribution in [0.5, 0.6) is 0 Å². The van der Waals surface area contributed by atoms with Crippen molar-refractivity contribution in [3.05, 3.63) is 24.0 Å². The zero-order chi connectivity index (χ0) is 13.8. The van der Waals surface area contributed by atoms with Crippen molar-refractivity contribution in [2.24, 2.45) is 0 Å². The summed E-state index contributed by atoms with van der Waals surface area (Å²) in [6, 6.07) is 6.65. The molecule has 2 aromatic rings. The van der Waals surface area contributed by atoms with E-state index in [1.54, 1.807) is 0 Å². The number of anilines is 1. The summed E-state index contributed by atoms with van der Waals surface area (Å²) in [6.45, 7) is 6.72. The van der Waals surface area contributed by atoms with E-state index in [-0.39, 0.29) is 0 Å². The molecular weight excluding hydrogens is 234 g/mol. The molecule has 0 fully saturated rings. The van der Waals surface area contributed by atoms with Gasteiger partial charge in [-0.3, -0.25) is 0 Å². The molecule has 0 bridgehead atoms. The van der Waals surface area contributed by atoms with Gasteiger partial charge in [-0.25, -0.2) is 4.98 Å². The average molecular weight is 259 g/mol. The fourth-order valence-electron chi connectivity index (χ4n) is 2.82. The molecule has 104 valence electrons. The standard InChI is InChI=1S/C16H25N3/c1-4-7-13(6-3)19-15-10-9-12(17)11-14(15)18-16(19)8-5-2/h9-11,13H,4-8,17H2,1-3H3. The minimum Gasteiger partial charge on any atom is -0.399 e. The van der Waals surface area contributed by atoms with Crippen LogP contribution in [-0.4, -0.2) is 9.55 Å². The van der Waals surface area contributed by atoms with Gasteiger partial charge in [0.15, 0.2) is 0 Å². The third-order valence-electron chi connectivity index (χ3n) is 3.72. The lowest BCUT2D eigenvalue weighted by molar-refractivity contribution is 0.443. The van der Waals surface area contributed by atoms with Crippen molar-refractivity contribution in [2.75, 3.05) is 5.73 Å². The minimum atomic E-state index is 0.556. The van der Waals surface area contributed by atoms with Crippen molar-refractivity contribution >= 4 is 16.7 Å². The van der Waals surface area contributed by atoms with Crippen molar-refractivity contribution in [3.63, 3.8) is 0 Å². The summed E-state index contributed by atoms with van der Waals surface area (Å²) < 4.78 is 2.45. The molecule has 0 spiro atoms. The van der Waals surface area contributed by atoms with Crippen molar-refractivity contribution in [1.82, 2.24) is 9.55 Å². The zero-order valence-corrected chi connectivity index (χ0v) is 12.3. The number of aromatic nitrogens is 2. The Labute approximate surface area is 115 Å². The van der Waals surface area contributed by atoms with Crippen LogP contribution in [-0.2, 0) is 6.42 Å². The van der Waals surface area contributed by atoms with E-state index in [4.69, 9.17) is 10.7 Å². The molecule has 19 heavy (non-hydrogen) atoms. The van der Waals surface area contributed by atoms with Crippen molar-refractivity contribution in [1.29, 1.82) is 0 Å². The first-order chi connectivity index (χ1) is 9.21. The van der Waals surface area contributed by atoms with Gasteiger partial charge in [0.25, 0.3) is 0 Å². The molecule has 1 aromatic heterocycles. The molecular formula is C16H25N3. The second-order valence-electron chi connectivity index (χ2n) is 5.25. The van der Waals surface area contributed by atoms with Gasteiger partial charge in [-0.2, -0.15) is 0 Å². The molecule has 0 radical (unpaired) electrons. The number of nitrogen functional groups attached to an aromatic ring is 1. The van der Waals surface area contributed by atoms with Gasteiger partial charge in [-0.05, 0) is 37.5 Å². The Balaban J connectivity index is 2.56. The molecule has 0 aliphatic heterocycles. The van der Waals surface area contributed by atoms with Crippen LogP contribution in [0.1, 0.15) is 58.3 Å². The molecule has 0 amide bonds. The SMILES string of the molecule is CCCc1nc2cc(N)ccc2n1C(CC)CCC. The van der Waals surface area contributed by atoms with E-state index >= 15 is 0 Å². The van der Waals surface area contributed by atoms with Gasteiger partial charge >= 0.3 is 0 Å². The quantitative estimate of drug-likeness (QED) is 0.785. The summed E-state index contributed by atoms with van der Waals surface area (Å²) in [4.78, 5) is 4.80. The molecule has 0 saturated heterocycles. The third kappa shape index (κ3) is 2.75. The smallest absolute Gasteiger partial charge is 0.110 e. The summed E-state index contributed by atoms with van der Waals surface area (Å²) in [5, 5.41) is 0. The van der Waals surface area contributed by atoms with Gasteiger partial charge in [0.1, 0.15) is 5.82 Å². The molecule has 3 heteroatoms. The monoisotopic (exact) mass is 259 g/mol. The summed E-state index contributed by atoms with van der Waals surface area (Å²) in [7, 11) is 0. The maximum atomic E-state index is 5.88. The van der Waals surface area contributed by atoms with Crippen LogP contribution in [0.15, 0.2) is 18.2 Å². The second-order valence-corrected chi connectivity index (χ2v) is 5.25. The summed E-state index contributed by atoms with van der Waals surface area (Å²) >= 11 is 0. The van der Waals surface area contributed by atoms with Crippen LogP contribution in [0, 0.1) is 0 Å². The van der Waals surface area contributed by atoms with Crippen LogP contribution in [0.25, 0.3) is 11.0 Å². The molecule has 2 N–H and O–H groups in total. The fourth-order valence-corrected chi connectivity index (χ4v) is 2.82. The van der Waals surface area contributed by atoms with E-state index in [2.05, 4.69) is 31.4 Å². The number of hydrogen-bond acceptors (Lipinski definition) is 2. The maximum absolute atomic E-state index is 5.88. The van der Waals surface area contributed by atoms with Gasteiger partial charge in [-0.15, -0.1) is 0 Å². The van der Waals surface area contributed by atoms with E-state index in [9.17, 15) is 0 Å². The van der Waals surface area contributed by atoms with Gasteiger partial charge in [0.2, 0.25) is 0 Å². The second kappa shape index (κ2) is 6.09. The lowest BCUT2D eigenvalue weighted by Gasteiger charge is -2.20.